The van der Waals surface area contributed by atoms with E-state index < -0.39 is 0 Å². The van der Waals surface area contributed by atoms with Crippen molar-refractivity contribution in [3.05, 3.63) is 21.9 Å². The predicted octanol–water partition coefficient (Wildman–Crippen LogP) is 3.84. The van der Waals surface area contributed by atoms with Gasteiger partial charge in [0, 0.05) is 15.8 Å². The number of aryl methyl sites for hydroxylation is 1. The van der Waals surface area contributed by atoms with Gasteiger partial charge in [0.25, 0.3) is 0 Å². The van der Waals surface area contributed by atoms with Crippen LogP contribution in [-0.2, 0) is 4.79 Å². The number of hydrogen-bond acceptors (Lipinski definition) is 3. The number of rotatable bonds is 3. The highest BCUT2D eigenvalue weighted by Gasteiger charge is 2.44. The number of carbonyl (C=O) groups is 1. The molecule has 1 aliphatic heterocycles. The Morgan fingerprint density at radius 3 is 2.52 bits per heavy atom. The molecule has 4 heteroatoms. The second-order valence-corrected chi connectivity index (χ2v) is 8.10. The summed E-state index contributed by atoms with van der Waals surface area (Å²) in [7, 11) is 0. The first kappa shape index (κ1) is 15.0. The molecule has 1 saturated heterocycles. The second-order valence-electron chi connectivity index (χ2n) is 6.78. The van der Waals surface area contributed by atoms with Crippen LogP contribution in [0.15, 0.2) is 12.1 Å². The summed E-state index contributed by atoms with van der Waals surface area (Å²) in [6.07, 6.45) is 6.26. The van der Waals surface area contributed by atoms with Crippen molar-refractivity contribution in [2.24, 2.45) is 5.92 Å². The van der Waals surface area contributed by atoms with Crippen molar-refractivity contribution in [1.82, 2.24) is 10.2 Å². The molecule has 1 aromatic rings. The van der Waals surface area contributed by atoms with E-state index in [0.717, 1.165) is 0 Å². The lowest BCUT2D eigenvalue weighted by Gasteiger charge is -2.34. The predicted molar refractivity (Wildman–Crippen MR) is 87.3 cm³/mol. The van der Waals surface area contributed by atoms with E-state index in [1.807, 2.05) is 11.3 Å². The van der Waals surface area contributed by atoms with Gasteiger partial charge in [0.15, 0.2) is 0 Å². The number of carbonyl (C=O) groups excluding carboxylic acids is 1. The van der Waals surface area contributed by atoms with Crippen molar-refractivity contribution in [3.63, 3.8) is 0 Å². The summed E-state index contributed by atoms with van der Waals surface area (Å²) in [6.45, 7) is 6.41. The van der Waals surface area contributed by atoms with Gasteiger partial charge in [-0.25, -0.2) is 0 Å². The van der Waals surface area contributed by atoms with Gasteiger partial charge >= 0.3 is 0 Å². The normalized spacial score (nSPS) is 27.8. The highest BCUT2D eigenvalue weighted by Crippen LogP contribution is 2.37. The van der Waals surface area contributed by atoms with Gasteiger partial charge in [0.05, 0.1) is 6.04 Å². The summed E-state index contributed by atoms with van der Waals surface area (Å²) < 4.78 is 0. The maximum atomic E-state index is 12.9. The topological polar surface area (TPSA) is 32.3 Å². The zero-order chi connectivity index (χ0) is 15.0. The Kier molecular flexibility index (Phi) is 4.36. The number of nitrogens with zero attached hydrogens (tertiary/aromatic N) is 1. The van der Waals surface area contributed by atoms with Crippen LogP contribution in [0.25, 0.3) is 0 Å². The minimum absolute atomic E-state index is 0.0284. The Balaban J connectivity index is 1.89. The fourth-order valence-corrected chi connectivity index (χ4v) is 4.59. The average Bonchev–Trinajstić information content (AvgIpc) is 3.03. The highest BCUT2D eigenvalue weighted by atomic mass is 32.1. The molecule has 2 heterocycles. The molecule has 0 bridgehead atoms. The molecule has 3 nitrogen and oxygen atoms in total. The van der Waals surface area contributed by atoms with Crippen LogP contribution in [-0.4, -0.2) is 22.9 Å². The zero-order valence-electron chi connectivity index (χ0n) is 13.3. The molecule has 3 rings (SSSR count). The largest absolute Gasteiger partial charge is 0.318 e. The summed E-state index contributed by atoms with van der Waals surface area (Å²) in [5.74, 6) is 0.655. The first-order valence-electron chi connectivity index (χ1n) is 8.22. The molecule has 0 aromatic carbocycles. The maximum Gasteiger partial charge on any atom is 0.241 e. The minimum atomic E-state index is -0.0284. The summed E-state index contributed by atoms with van der Waals surface area (Å²) in [5, 5.41) is 3.60. The zero-order valence-corrected chi connectivity index (χ0v) is 14.1. The van der Waals surface area contributed by atoms with E-state index >= 15 is 0 Å². The second kappa shape index (κ2) is 6.09. The van der Waals surface area contributed by atoms with Crippen molar-refractivity contribution >= 4 is 17.2 Å². The smallest absolute Gasteiger partial charge is 0.241 e. The van der Waals surface area contributed by atoms with Gasteiger partial charge in [-0.1, -0.05) is 33.1 Å². The third-order valence-electron chi connectivity index (χ3n) is 4.80. The molecule has 0 spiro atoms. The fraction of sp³-hybridized carbons (Fsp3) is 0.706. The van der Waals surface area contributed by atoms with Gasteiger partial charge in [0.2, 0.25) is 5.91 Å². The van der Waals surface area contributed by atoms with Gasteiger partial charge in [-0.3, -0.25) is 10.1 Å². The van der Waals surface area contributed by atoms with Crippen molar-refractivity contribution in [2.45, 2.75) is 71.1 Å². The first-order chi connectivity index (χ1) is 10.1. The Labute approximate surface area is 131 Å². The molecule has 1 N–H and O–H groups in total. The molecule has 2 aliphatic rings. The lowest BCUT2D eigenvalue weighted by Crippen LogP contribution is -2.41. The Bertz CT molecular complexity index is 505. The maximum absolute atomic E-state index is 12.9. The first-order valence-corrected chi connectivity index (χ1v) is 9.04. The summed E-state index contributed by atoms with van der Waals surface area (Å²) in [5.41, 5.74) is 0. The molecule has 1 amide bonds. The summed E-state index contributed by atoms with van der Waals surface area (Å²) in [4.78, 5) is 17.7. The molecule has 21 heavy (non-hydrogen) atoms. The van der Waals surface area contributed by atoms with E-state index in [1.54, 1.807) is 0 Å². The standard InChI is InChI=1S/C17H26N2OS/c1-11(2)15-17(20)19(13-7-5-4-6-8-13)16(18-15)14-10-9-12(3)21-14/h9-11,13,15-16,18H,4-8H2,1-3H3. The molecule has 1 saturated carbocycles. The lowest BCUT2D eigenvalue weighted by molar-refractivity contribution is -0.133. The van der Waals surface area contributed by atoms with Crippen LogP contribution in [0.2, 0.25) is 0 Å². The van der Waals surface area contributed by atoms with Crippen LogP contribution in [0.4, 0.5) is 0 Å². The molecular formula is C17H26N2OS. The summed E-state index contributed by atoms with van der Waals surface area (Å²) in [6, 6.07) is 4.74. The molecule has 1 aliphatic carbocycles. The van der Waals surface area contributed by atoms with E-state index in [-0.39, 0.29) is 12.2 Å². The van der Waals surface area contributed by atoms with Crippen LogP contribution in [0, 0.1) is 12.8 Å². The number of amides is 1. The fourth-order valence-electron chi connectivity index (χ4n) is 3.66. The van der Waals surface area contributed by atoms with Gasteiger partial charge in [-0.05, 0) is 37.8 Å². The monoisotopic (exact) mass is 306 g/mol. The Morgan fingerprint density at radius 1 is 1.24 bits per heavy atom. The minimum Gasteiger partial charge on any atom is -0.318 e. The Morgan fingerprint density at radius 2 is 1.95 bits per heavy atom. The third-order valence-corrected chi connectivity index (χ3v) is 5.85. The van der Waals surface area contributed by atoms with Crippen LogP contribution in [0.1, 0.15) is 61.9 Å². The van der Waals surface area contributed by atoms with Crippen LogP contribution >= 0.6 is 11.3 Å². The molecular weight excluding hydrogens is 280 g/mol. The van der Waals surface area contributed by atoms with Crippen LogP contribution in [0.5, 0.6) is 0 Å². The quantitative estimate of drug-likeness (QED) is 0.920. The number of hydrogen-bond donors (Lipinski definition) is 1. The van der Waals surface area contributed by atoms with Crippen LogP contribution in [0.3, 0.4) is 0 Å². The lowest BCUT2D eigenvalue weighted by atomic mass is 9.93. The van der Waals surface area contributed by atoms with Crippen molar-refractivity contribution < 1.29 is 4.79 Å². The van der Waals surface area contributed by atoms with Gasteiger partial charge < -0.3 is 4.90 Å². The molecule has 2 fully saturated rings. The van der Waals surface area contributed by atoms with Crippen molar-refractivity contribution in [3.8, 4) is 0 Å². The van der Waals surface area contributed by atoms with Crippen molar-refractivity contribution in [2.75, 3.05) is 0 Å². The van der Waals surface area contributed by atoms with E-state index in [9.17, 15) is 4.79 Å². The molecule has 1 aromatic heterocycles. The third kappa shape index (κ3) is 2.88. The summed E-state index contributed by atoms with van der Waals surface area (Å²) >= 11 is 1.81. The van der Waals surface area contributed by atoms with Crippen molar-refractivity contribution in [1.29, 1.82) is 0 Å². The van der Waals surface area contributed by atoms with Gasteiger partial charge in [-0.2, -0.15) is 0 Å². The highest BCUT2D eigenvalue weighted by molar-refractivity contribution is 7.12. The van der Waals surface area contributed by atoms with E-state index in [1.165, 1.54) is 41.9 Å². The number of thiophene rings is 1. The van der Waals surface area contributed by atoms with Gasteiger partial charge in [-0.15, -0.1) is 11.3 Å². The SMILES string of the molecule is Cc1ccc(C2NC(C(C)C)C(=O)N2C2CCCCC2)s1. The van der Waals surface area contributed by atoms with E-state index in [4.69, 9.17) is 0 Å². The Hall–Kier alpha value is -0.870. The molecule has 0 radical (unpaired) electrons. The van der Waals surface area contributed by atoms with Gasteiger partial charge in [0.1, 0.15) is 6.17 Å². The average molecular weight is 306 g/mol. The molecule has 116 valence electrons. The molecule has 2 unspecified atom stereocenters. The van der Waals surface area contributed by atoms with Crippen LogP contribution < -0.4 is 5.32 Å². The molecule has 2 atom stereocenters. The van der Waals surface area contributed by atoms with E-state index in [0.29, 0.717) is 17.9 Å². The number of nitrogens with one attached hydrogen (secondary N) is 1. The van der Waals surface area contributed by atoms with E-state index in [2.05, 4.69) is 43.1 Å².